The smallest absolute Gasteiger partial charge is 0.261 e. The fourth-order valence-corrected chi connectivity index (χ4v) is 7.31. The highest BCUT2D eigenvalue weighted by Gasteiger charge is 2.39. The van der Waals surface area contributed by atoms with Gasteiger partial charge in [0.2, 0.25) is 0 Å². The summed E-state index contributed by atoms with van der Waals surface area (Å²) in [7, 11) is -0.465. The largest absolute Gasteiger partial charge is 0.493 e. The summed E-state index contributed by atoms with van der Waals surface area (Å²) in [5.41, 5.74) is 5.41. The van der Waals surface area contributed by atoms with Crippen LogP contribution in [-0.4, -0.2) is 51.8 Å². The topological polar surface area (TPSA) is 107 Å². The number of sulfonamides is 1. The van der Waals surface area contributed by atoms with Crippen LogP contribution in [-0.2, 0) is 39.1 Å². The third-order valence-corrected chi connectivity index (χ3v) is 10.2. The summed E-state index contributed by atoms with van der Waals surface area (Å²) in [6.07, 6.45) is -0.326. The van der Waals surface area contributed by atoms with Crippen LogP contribution in [0.5, 0.6) is 11.5 Å². The van der Waals surface area contributed by atoms with Gasteiger partial charge in [0.05, 0.1) is 37.9 Å². The second kappa shape index (κ2) is 13.8. The van der Waals surface area contributed by atoms with Crippen molar-refractivity contribution in [2.75, 3.05) is 32.0 Å². The Morgan fingerprint density at radius 3 is 2.28 bits per heavy atom. The highest BCUT2D eigenvalue weighted by molar-refractivity contribution is 7.92. The van der Waals surface area contributed by atoms with Crippen molar-refractivity contribution in [3.63, 3.8) is 0 Å². The third kappa shape index (κ3) is 6.91. The van der Waals surface area contributed by atoms with E-state index in [1.165, 1.54) is 11.1 Å². The molecule has 242 valence electrons. The molecule has 2 N–H and O–H groups in total. The minimum absolute atomic E-state index is 0.00259. The predicted octanol–water partition coefficient (Wildman–Crippen LogP) is 5.85. The molecule has 10 heteroatoms. The van der Waals surface area contributed by atoms with E-state index in [4.69, 9.17) is 18.9 Å². The number of aliphatic hydroxyl groups is 1. The van der Waals surface area contributed by atoms with E-state index in [1.807, 2.05) is 30.3 Å². The van der Waals surface area contributed by atoms with Crippen molar-refractivity contribution in [2.45, 2.75) is 49.9 Å². The molecule has 0 radical (unpaired) electrons. The van der Waals surface area contributed by atoms with Crippen molar-refractivity contribution in [1.29, 1.82) is 0 Å². The third-order valence-electron chi connectivity index (χ3n) is 8.82. The number of benzene rings is 4. The predicted molar refractivity (Wildman–Crippen MR) is 175 cm³/mol. The van der Waals surface area contributed by atoms with Crippen molar-refractivity contribution in [1.82, 2.24) is 4.90 Å². The second-order valence-corrected chi connectivity index (χ2v) is 13.5. The van der Waals surface area contributed by atoms with Crippen LogP contribution >= 0.6 is 0 Å². The highest BCUT2D eigenvalue weighted by Crippen LogP contribution is 2.43. The first kappa shape index (κ1) is 32.0. The molecule has 9 nitrogen and oxygen atoms in total. The molecule has 4 atom stereocenters. The van der Waals surface area contributed by atoms with Crippen molar-refractivity contribution >= 4 is 15.7 Å². The van der Waals surface area contributed by atoms with Gasteiger partial charge in [-0.3, -0.25) is 9.62 Å². The number of rotatable bonds is 10. The van der Waals surface area contributed by atoms with E-state index < -0.39 is 16.3 Å². The Kier molecular flexibility index (Phi) is 9.62. The van der Waals surface area contributed by atoms with Crippen LogP contribution in [0.3, 0.4) is 0 Å². The fraction of sp³-hybridized carbons (Fsp3) is 0.333. The fourth-order valence-electron chi connectivity index (χ4n) is 6.24. The molecule has 46 heavy (non-hydrogen) atoms. The lowest BCUT2D eigenvalue weighted by Crippen LogP contribution is -2.45. The zero-order valence-corrected chi connectivity index (χ0v) is 27.1. The Balaban J connectivity index is 1.26. The molecule has 0 amide bonds. The van der Waals surface area contributed by atoms with E-state index >= 15 is 0 Å². The van der Waals surface area contributed by atoms with E-state index in [0.717, 1.165) is 36.4 Å². The number of nitrogens with one attached hydrogen (secondary N) is 1. The molecule has 0 aromatic heterocycles. The first-order chi connectivity index (χ1) is 22.3. The first-order valence-corrected chi connectivity index (χ1v) is 16.9. The van der Waals surface area contributed by atoms with E-state index in [0.29, 0.717) is 23.5 Å². The Hall–Kier alpha value is -3.93. The van der Waals surface area contributed by atoms with Crippen LogP contribution in [0.4, 0.5) is 5.69 Å². The number of nitrogens with zero attached hydrogens (tertiary/aromatic N) is 1. The van der Waals surface area contributed by atoms with E-state index in [9.17, 15) is 13.5 Å². The van der Waals surface area contributed by atoms with Gasteiger partial charge in [0.15, 0.2) is 17.8 Å². The Bertz CT molecular complexity index is 1750. The van der Waals surface area contributed by atoms with Crippen LogP contribution < -0.4 is 14.2 Å². The van der Waals surface area contributed by atoms with Gasteiger partial charge in [-0.25, -0.2) is 8.42 Å². The average molecular weight is 645 g/mol. The molecule has 2 aliphatic heterocycles. The van der Waals surface area contributed by atoms with Gasteiger partial charge in [0.25, 0.3) is 10.0 Å². The van der Waals surface area contributed by atoms with Crippen LogP contribution in [0.2, 0.25) is 0 Å². The lowest BCUT2D eigenvalue weighted by atomic mass is 9.89. The maximum atomic E-state index is 13.0. The molecule has 0 saturated carbocycles. The van der Waals surface area contributed by atoms with Crippen molar-refractivity contribution in [2.24, 2.45) is 5.92 Å². The van der Waals surface area contributed by atoms with E-state index in [2.05, 4.69) is 28.7 Å². The molecule has 0 spiro atoms. The van der Waals surface area contributed by atoms with Crippen molar-refractivity contribution < 1.29 is 32.5 Å². The lowest BCUT2D eigenvalue weighted by Gasteiger charge is -2.43. The van der Waals surface area contributed by atoms with Crippen LogP contribution in [0.1, 0.15) is 47.1 Å². The van der Waals surface area contributed by atoms with Gasteiger partial charge in [-0.1, -0.05) is 61.5 Å². The van der Waals surface area contributed by atoms with Crippen LogP contribution in [0.15, 0.2) is 95.9 Å². The molecule has 2 heterocycles. The van der Waals surface area contributed by atoms with E-state index in [-0.39, 0.29) is 29.6 Å². The summed E-state index contributed by atoms with van der Waals surface area (Å²) < 4.78 is 53.2. The van der Waals surface area contributed by atoms with E-state index in [1.54, 1.807) is 62.8 Å². The first-order valence-electron chi connectivity index (χ1n) is 15.4. The Morgan fingerprint density at radius 2 is 1.59 bits per heavy atom. The molecular weight excluding hydrogens is 604 g/mol. The van der Waals surface area contributed by atoms with Crippen LogP contribution in [0, 0.1) is 5.92 Å². The molecule has 0 aliphatic carbocycles. The standard InChI is InChI=1S/C36H40N2O7S/c1-24-34(22-38-17-16-27-19-32(42-2)33(43-3)20-29(27)21-38)44-36(45-35(24)26-14-12-25(23-39)13-15-26)28-8-7-9-30(18-28)37-46(40,41)31-10-5-4-6-11-31/h4-15,18-20,24,34-37,39H,16-17,21-23H2,1-3H3. The summed E-state index contributed by atoms with van der Waals surface area (Å²) in [5, 5.41) is 9.60. The summed E-state index contributed by atoms with van der Waals surface area (Å²) in [4.78, 5) is 2.58. The van der Waals surface area contributed by atoms with Gasteiger partial charge in [-0.05, 0) is 65.1 Å². The quantitative estimate of drug-likeness (QED) is 0.222. The molecule has 4 aromatic rings. The van der Waals surface area contributed by atoms with Gasteiger partial charge >= 0.3 is 0 Å². The molecule has 1 fully saturated rings. The van der Waals surface area contributed by atoms with Gasteiger partial charge < -0.3 is 24.1 Å². The maximum Gasteiger partial charge on any atom is 0.261 e. The number of fused-ring (bicyclic) bond motifs is 1. The summed E-state index contributed by atoms with van der Waals surface area (Å²) in [5.74, 6) is 1.46. The zero-order valence-electron chi connectivity index (χ0n) is 26.3. The van der Waals surface area contributed by atoms with Gasteiger partial charge in [-0.2, -0.15) is 0 Å². The minimum Gasteiger partial charge on any atom is -0.493 e. The Labute approximate surface area is 270 Å². The van der Waals surface area contributed by atoms with Crippen molar-refractivity contribution in [3.8, 4) is 11.5 Å². The number of hydrogen-bond acceptors (Lipinski definition) is 8. The molecular formula is C36H40N2O7S. The van der Waals surface area contributed by atoms with Crippen LogP contribution in [0.25, 0.3) is 0 Å². The maximum absolute atomic E-state index is 13.0. The summed E-state index contributed by atoms with van der Waals surface area (Å²) >= 11 is 0. The SMILES string of the molecule is COc1cc2c(cc1OC)CN(CC1OC(c3cccc(NS(=O)(=O)c4ccccc4)c3)OC(c3ccc(CO)cc3)C1C)CC2. The molecule has 4 unspecified atom stereocenters. The molecule has 1 saturated heterocycles. The monoisotopic (exact) mass is 644 g/mol. The average Bonchev–Trinajstić information content (AvgIpc) is 3.09. The second-order valence-electron chi connectivity index (χ2n) is 11.8. The Morgan fingerprint density at radius 1 is 0.870 bits per heavy atom. The number of methoxy groups -OCH3 is 2. The summed E-state index contributed by atoms with van der Waals surface area (Å²) in [6.45, 7) is 4.41. The van der Waals surface area contributed by atoms with Gasteiger partial charge in [-0.15, -0.1) is 0 Å². The molecule has 0 bridgehead atoms. The lowest BCUT2D eigenvalue weighted by molar-refractivity contribution is -0.276. The minimum atomic E-state index is -3.77. The number of anilines is 1. The highest BCUT2D eigenvalue weighted by atomic mass is 32.2. The normalized spacial score (nSPS) is 21.7. The molecule has 4 aromatic carbocycles. The molecule has 2 aliphatic rings. The number of hydrogen-bond donors (Lipinski definition) is 2. The number of ether oxygens (including phenoxy) is 4. The summed E-state index contributed by atoms with van der Waals surface area (Å²) in [6, 6.07) is 27.4. The van der Waals surface area contributed by atoms with Gasteiger partial charge in [0.1, 0.15) is 0 Å². The van der Waals surface area contributed by atoms with Gasteiger partial charge in [0, 0.05) is 36.8 Å². The van der Waals surface area contributed by atoms with Crippen molar-refractivity contribution in [3.05, 3.63) is 119 Å². The zero-order chi connectivity index (χ0) is 32.3. The molecule has 6 rings (SSSR count). The number of aliphatic hydroxyl groups excluding tert-OH is 1.